The van der Waals surface area contributed by atoms with E-state index in [2.05, 4.69) is 30.4 Å². The molecule has 1 N–H and O–H groups in total. The fourth-order valence-corrected chi connectivity index (χ4v) is 2.32. The van der Waals surface area contributed by atoms with Gasteiger partial charge in [-0.1, -0.05) is 26.0 Å². The molecule has 0 saturated heterocycles. The van der Waals surface area contributed by atoms with Crippen LogP contribution in [0, 0.1) is 6.92 Å². The van der Waals surface area contributed by atoms with E-state index >= 15 is 0 Å². The van der Waals surface area contributed by atoms with Crippen LogP contribution < -0.4 is 5.32 Å². The summed E-state index contributed by atoms with van der Waals surface area (Å²) in [5.74, 6) is 1.19. The summed E-state index contributed by atoms with van der Waals surface area (Å²) >= 11 is 1.95. The smallest absolute Gasteiger partial charge is 0.0481 e. The minimum atomic E-state index is 1.10. The Kier molecular flexibility index (Phi) is 4.16. The number of thioether (sulfide) groups is 1. The third-order valence-corrected chi connectivity index (χ3v) is 3.11. The predicted molar refractivity (Wildman–Crippen MR) is 61.7 cm³/mol. The lowest BCUT2D eigenvalue weighted by atomic mass is 10.2. The molecule has 1 aliphatic rings. The van der Waals surface area contributed by atoms with E-state index in [9.17, 15) is 0 Å². The summed E-state index contributed by atoms with van der Waals surface area (Å²) < 4.78 is 0. The molecule has 0 atom stereocenters. The first kappa shape index (κ1) is 10.5. The molecule has 0 bridgehead atoms. The molecule has 1 nitrogen and oxygen atoms in total. The normalized spacial score (nSPS) is 13.5. The molecule has 13 heavy (non-hydrogen) atoms. The van der Waals surface area contributed by atoms with Crippen LogP contribution in [-0.4, -0.2) is 12.3 Å². The molecule has 0 amide bonds. The molecule has 0 spiro atoms. The Balaban J connectivity index is 0.000000396. The zero-order valence-corrected chi connectivity index (χ0v) is 9.37. The van der Waals surface area contributed by atoms with Crippen molar-refractivity contribution in [1.82, 2.24) is 0 Å². The average molecular weight is 195 g/mol. The van der Waals surface area contributed by atoms with Gasteiger partial charge in [-0.15, -0.1) is 11.8 Å². The molecule has 0 radical (unpaired) electrons. The van der Waals surface area contributed by atoms with Crippen molar-refractivity contribution < 1.29 is 0 Å². The molecule has 0 unspecified atom stereocenters. The SMILES string of the molecule is CC.Cc1cccc2c1SCCN2. The van der Waals surface area contributed by atoms with Crippen molar-refractivity contribution >= 4 is 17.4 Å². The van der Waals surface area contributed by atoms with Gasteiger partial charge in [-0.2, -0.15) is 0 Å². The second kappa shape index (κ2) is 5.18. The van der Waals surface area contributed by atoms with Crippen LogP contribution in [0.3, 0.4) is 0 Å². The fourth-order valence-electron chi connectivity index (χ4n) is 1.32. The second-order valence-corrected chi connectivity index (χ2v) is 3.83. The standard InChI is InChI=1S/C9H11NS.C2H6/c1-7-3-2-4-8-9(7)11-6-5-10-8;1-2/h2-4,10H,5-6H2,1H3;1-2H3. The van der Waals surface area contributed by atoms with Gasteiger partial charge in [-0.3, -0.25) is 0 Å². The lowest BCUT2D eigenvalue weighted by molar-refractivity contribution is 1.14. The van der Waals surface area contributed by atoms with E-state index in [4.69, 9.17) is 0 Å². The highest BCUT2D eigenvalue weighted by Gasteiger charge is 2.09. The molecule has 0 aliphatic carbocycles. The summed E-state index contributed by atoms with van der Waals surface area (Å²) in [5.41, 5.74) is 2.70. The zero-order valence-electron chi connectivity index (χ0n) is 8.55. The van der Waals surface area contributed by atoms with Crippen molar-refractivity contribution in [3.63, 3.8) is 0 Å². The first-order chi connectivity index (χ1) is 6.38. The Morgan fingerprint density at radius 2 is 2.08 bits per heavy atom. The number of rotatable bonds is 0. The molecule has 0 saturated carbocycles. The summed E-state index contributed by atoms with van der Waals surface area (Å²) in [6.07, 6.45) is 0. The summed E-state index contributed by atoms with van der Waals surface area (Å²) in [6.45, 7) is 7.26. The third-order valence-electron chi connectivity index (χ3n) is 1.88. The Morgan fingerprint density at radius 3 is 2.77 bits per heavy atom. The fraction of sp³-hybridized carbons (Fsp3) is 0.455. The van der Waals surface area contributed by atoms with Crippen LogP contribution in [0.15, 0.2) is 23.1 Å². The Bertz CT molecular complexity index is 271. The first-order valence-corrected chi connectivity index (χ1v) is 5.83. The van der Waals surface area contributed by atoms with Crippen molar-refractivity contribution in [1.29, 1.82) is 0 Å². The highest BCUT2D eigenvalue weighted by molar-refractivity contribution is 7.99. The summed E-state index contributed by atoms with van der Waals surface area (Å²) in [6, 6.07) is 6.42. The molecular formula is C11H17NS. The van der Waals surface area contributed by atoms with Crippen LogP contribution in [0.5, 0.6) is 0 Å². The maximum atomic E-state index is 3.38. The molecular weight excluding hydrogens is 178 g/mol. The van der Waals surface area contributed by atoms with Crippen LogP contribution in [-0.2, 0) is 0 Å². The molecule has 1 aromatic carbocycles. The first-order valence-electron chi connectivity index (χ1n) is 4.84. The van der Waals surface area contributed by atoms with Gasteiger partial charge in [0, 0.05) is 22.9 Å². The minimum absolute atomic E-state index is 1.10. The molecule has 1 heterocycles. The van der Waals surface area contributed by atoms with Gasteiger partial charge in [0.25, 0.3) is 0 Å². The van der Waals surface area contributed by atoms with Gasteiger partial charge in [0.1, 0.15) is 0 Å². The van der Waals surface area contributed by atoms with Gasteiger partial charge in [0.05, 0.1) is 0 Å². The lowest BCUT2D eigenvalue weighted by Gasteiger charge is -2.18. The monoisotopic (exact) mass is 195 g/mol. The number of benzene rings is 1. The van der Waals surface area contributed by atoms with Gasteiger partial charge < -0.3 is 5.32 Å². The van der Waals surface area contributed by atoms with E-state index in [0.717, 1.165) is 6.54 Å². The van der Waals surface area contributed by atoms with Crippen LogP contribution in [0.2, 0.25) is 0 Å². The summed E-state index contributed by atoms with van der Waals surface area (Å²) in [5, 5.41) is 3.38. The molecule has 0 aromatic heterocycles. The number of fused-ring (bicyclic) bond motifs is 1. The third kappa shape index (κ3) is 2.41. The molecule has 1 aliphatic heterocycles. The van der Waals surface area contributed by atoms with E-state index in [0.29, 0.717) is 0 Å². The highest BCUT2D eigenvalue weighted by atomic mass is 32.2. The predicted octanol–water partition coefficient (Wildman–Crippen LogP) is 3.54. The molecule has 0 fully saturated rings. The summed E-state index contributed by atoms with van der Waals surface area (Å²) in [4.78, 5) is 1.43. The van der Waals surface area contributed by atoms with Gasteiger partial charge in [-0.05, 0) is 18.6 Å². The number of nitrogens with one attached hydrogen (secondary N) is 1. The van der Waals surface area contributed by atoms with Gasteiger partial charge in [0.2, 0.25) is 0 Å². The lowest BCUT2D eigenvalue weighted by Crippen LogP contribution is -2.10. The van der Waals surface area contributed by atoms with E-state index in [1.807, 2.05) is 25.6 Å². The molecule has 2 heteroatoms. The quantitative estimate of drug-likeness (QED) is 0.679. The van der Waals surface area contributed by atoms with E-state index < -0.39 is 0 Å². The van der Waals surface area contributed by atoms with Crippen LogP contribution in [0.1, 0.15) is 19.4 Å². The van der Waals surface area contributed by atoms with E-state index in [1.165, 1.54) is 21.9 Å². The average Bonchev–Trinajstić information content (AvgIpc) is 2.22. The number of aryl methyl sites for hydroxylation is 1. The molecule has 1 aromatic rings. The van der Waals surface area contributed by atoms with Crippen LogP contribution >= 0.6 is 11.8 Å². The zero-order chi connectivity index (χ0) is 9.68. The van der Waals surface area contributed by atoms with Gasteiger partial charge in [-0.25, -0.2) is 0 Å². The van der Waals surface area contributed by atoms with Crippen molar-refractivity contribution in [2.75, 3.05) is 17.6 Å². The van der Waals surface area contributed by atoms with Crippen molar-refractivity contribution in [3.05, 3.63) is 23.8 Å². The van der Waals surface area contributed by atoms with Crippen LogP contribution in [0.4, 0.5) is 5.69 Å². The van der Waals surface area contributed by atoms with E-state index in [1.54, 1.807) is 0 Å². The molecule has 2 rings (SSSR count). The largest absolute Gasteiger partial charge is 0.383 e. The number of hydrogen-bond acceptors (Lipinski definition) is 2. The Morgan fingerprint density at radius 1 is 1.31 bits per heavy atom. The van der Waals surface area contributed by atoms with Crippen molar-refractivity contribution in [3.8, 4) is 0 Å². The topological polar surface area (TPSA) is 12.0 Å². The second-order valence-electron chi connectivity index (χ2n) is 2.73. The minimum Gasteiger partial charge on any atom is -0.383 e. The molecule has 72 valence electrons. The highest BCUT2D eigenvalue weighted by Crippen LogP contribution is 2.33. The maximum absolute atomic E-state index is 3.38. The van der Waals surface area contributed by atoms with E-state index in [-0.39, 0.29) is 0 Å². The van der Waals surface area contributed by atoms with Gasteiger partial charge >= 0.3 is 0 Å². The van der Waals surface area contributed by atoms with Gasteiger partial charge in [0.15, 0.2) is 0 Å². The van der Waals surface area contributed by atoms with Crippen LogP contribution in [0.25, 0.3) is 0 Å². The number of hydrogen-bond donors (Lipinski definition) is 1. The Hall–Kier alpha value is -0.630. The van der Waals surface area contributed by atoms with Crippen molar-refractivity contribution in [2.24, 2.45) is 0 Å². The Labute approximate surface area is 84.9 Å². The van der Waals surface area contributed by atoms with Crippen molar-refractivity contribution in [2.45, 2.75) is 25.7 Å². The maximum Gasteiger partial charge on any atom is 0.0481 e. The number of anilines is 1. The summed E-state index contributed by atoms with van der Waals surface area (Å²) in [7, 11) is 0.